The van der Waals surface area contributed by atoms with Crippen LogP contribution in [-0.4, -0.2) is 36.5 Å². The monoisotopic (exact) mass is 252 g/mol. The number of methoxy groups -OCH3 is 1. The zero-order chi connectivity index (χ0) is 13.7. The van der Waals surface area contributed by atoms with Gasteiger partial charge >= 0.3 is 5.97 Å². The SMILES string of the molecule is COC(=O)CN(C)Cc1cccc([N+](=O)[O-])c1C. The summed E-state index contributed by atoms with van der Waals surface area (Å²) in [5.41, 5.74) is 1.55. The third-order valence-corrected chi connectivity index (χ3v) is 2.68. The standard InChI is InChI=1S/C12H16N2O4/c1-9-10(5-4-6-11(9)14(16)17)7-13(2)8-12(15)18-3/h4-6H,7-8H2,1-3H3. The lowest BCUT2D eigenvalue weighted by atomic mass is 10.1. The van der Waals surface area contributed by atoms with Crippen molar-refractivity contribution in [1.29, 1.82) is 0 Å². The molecule has 0 spiro atoms. The van der Waals surface area contributed by atoms with E-state index in [9.17, 15) is 14.9 Å². The Bertz CT molecular complexity index is 459. The zero-order valence-electron chi connectivity index (χ0n) is 10.7. The molecule has 0 aromatic heterocycles. The molecule has 6 nitrogen and oxygen atoms in total. The third-order valence-electron chi connectivity index (χ3n) is 2.68. The Balaban J connectivity index is 2.82. The fourth-order valence-corrected chi connectivity index (χ4v) is 1.67. The summed E-state index contributed by atoms with van der Waals surface area (Å²) in [6.45, 7) is 2.32. The van der Waals surface area contributed by atoms with Crippen LogP contribution in [0.15, 0.2) is 18.2 Å². The number of ether oxygens (including phenoxy) is 1. The number of benzene rings is 1. The summed E-state index contributed by atoms with van der Waals surface area (Å²) >= 11 is 0. The van der Waals surface area contributed by atoms with Gasteiger partial charge in [-0.3, -0.25) is 19.8 Å². The number of carbonyl (C=O) groups excluding carboxylic acids is 1. The third kappa shape index (κ3) is 3.53. The molecule has 0 unspecified atom stereocenters. The Labute approximate surface area is 105 Å². The van der Waals surface area contributed by atoms with E-state index < -0.39 is 4.92 Å². The highest BCUT2D eigenvalue weighted by Gasteiger charge is 2.15. The second kappa shape index (κ2) is 6.11. The number of nitro groups is 1. The molecule has 0 fully saturated rings. The first-order chi connectivity index (χ1) is 8.45. The van der Waals surface area contributed by atoms with E-state index in [0.717, 1.165) is 5.56 Å². The number of carbonyl (C=O) groups is 1. The smallest absolute Gasteiger partial charge is 0.319 e. The number of rotatable bonds is 5. The number of nitrogens with zero attached hydrogens (tertiary/aromatic N) is 2. The van der Waals surface area contributed by atoms with E-state index in [-0.39, 0.29) is 18.2 Å². The minimum absolute atomic E-state index is 0.0963. The number of nitro benzene ring substituents is 1. The molecule has 1 rings (SSSR count). The molecule has 0 heterocycles. The summed E-state index contributed by atoms with van der Waals surface area (Å²) in [6.07, 6.45) is 0. The molecule has 0 aliphatic heterocycles. The Morgan fingerprint density at radius 3 is 2.72 bits per heavy atom. The summed E-state index contributed by atoms with van der Waals surface area (Å²) in [5, 5.41) is 10.8. The van der Waals surface area contributed by atoms with E-state index in [1.807, 2.05) is 6.07 Å². The summed E-state index contributed by atoms with van der Waals surface area (Å²) in [7, 11) is 3.09. The van der Waals surface area contributed by atoms with E-state index in [1.54, 1.807) is 24.9 Å². The molecule has 1 aromatic rings. The first-order valence-corrected chi connectivity index (χ1v) is 5.44. The van der Waals surface area contributed by atoms with Crippen LogP contribution in [0.1, 0.15) is 11.1 Å². The van der Waals surface area contributed by atoms with Crippen molar-refractivity contribution in [3.8, 4) is 0 Å². The molecule has 6 heteroatoms. The van der Waals surface area contributed by atoms with Gasteiger partial charge in [0, 0.05) is 18.2 Å². The van der Waals surface area contributed by atoms with Crippen molar-refractivity contribution >= 4 is 11.7 Å². The molecular weight excluding hydrogens is 236 g/mol. The van der Waals surface area contributed by atoms with Crippen molar-refractivity contribution in [2.24, 2.45) is 0 Å². The van der Waals surface area contributed by atoms with Crippen LogP contribution in [0, 0.1) is 17.0 Å². The van der Waals surface area contributed by atoms with E-state index in [1.165, 1.54) is 13.2 Å². The van der Waals surface area contributed by atoms with Crippen LogP contribution in [0.4, 0.5) is 5.69 Å². The average molecular weight is 252 g/mol. The molecular formula is C12H16N2O4. The molecule has 0 N–H and O–H groups in total. The van der Waals surface area contributed by atoms with Crippen molar-refractivity contribution in [3.05, 3.63) is 39.4 Å². The molecule has 0 atom stereocenters. The quantitative estimate of drug-likeness (QED) is 0.451. The van der Waals surface area contributed by atoms with Gasteiger partial charge in [0.05, 0.1) is 18.6 Å². The van der Waals surface area contributed by atoms with Gasteiger partial charge < -0.3 is 4.74 Å². The molecule has 1 aromatic carbocycles. The highest BCUT2D eigenvalue weighted by atomic mass is 16.6. The predicted molar refractivity (Wildman–Crippen MR) is 66.2 cm³/mol. The lowest BCUT2D eigenvalue weighted by molar-refractivity contribution is -0.385. The lowest BCUT2D eigenvalue weighted by Crippen LogP contribution is -2.26. The second-order valence-corrected chi connectivity index (χ2v) is 4.07. The van der Waals surface area contributed by atoms with E-state index >= 15 is 0 Å². The van der Waals surface area contributed by atoms with E-state index in [4.69, 9.17) is 0 Å². The maximum Gasteiger partial charge on any atom is 0.319 e. The molecule has 0 bridgehead atoms. The largest absolute Gasteiger partial charge is 0.468 e. The van der Waals surface area contributed by atoms with Crippen molar-refractivity contribution < 1.29 is 14.5 Å². The van der Waals surface area contributed by atoms with Gasteiger partial charge in [-0.1, -0.05) is 12.1 Å². The van der Waals surface area contributed by atoms with Crippen LogP contribution in [0.3, 0.4) is 0 Å². The summed E-state index contributed by atoms with van der Waals surface area (Å²) in [4.78, 5) is 23.2. The van der Waals surface area contributed by atoms with Crippen LogP contribution in [0.5, 0.6) is 0 Å². The fraction of sp³-hybridized carbons (Fsp3) is 0.417. The van der Waals surface area contributed by atoms with Crippen molar-refractivity contribution in [2.75, 3.05) is 20.7 Å². The van der Waals surface area contributed by atoms with Crippen LogP contribution in [-0.2, 0) is 16.1 Å². The van der Waals surface area contributed by atoms with E-state index in [0.29, 0.717) is 12.1 Å². The molecule has 0 aliphatic carbocycles. The van der Waals surface area contributed by atoms with Crippen molar-refractivity contribution in [2.45, 2.75) is 13.5 Å². The maximum atomic E-state index is 11.1. The summed E-state index contributed by atoms with van der Waals surface area (Å²) in [6, 6.07) is 4.93. The minimum Gasteiger partial charge on any atom is -0.468 e. The highest BCUT2D eigenvalue weighted by molar-refractivity contribution is 5.71. The van der Waals surface area contributed by atoms with Crippen molar-refractivity contribution in [3.63, 3.8) is 0 Å². The van der Waals surface area contributed by atoms with Gasteiger partial charge in [-0.15, -0.1) is 0 Å². The normalized spacial score (nSPS) is 10.4. The topological polar surface area (TPSA) is 72.7 Å². The minimum atomic E-state index is -0.404. The lowest BCUT2D eigenvalue weighted by Gasteiger charge is -2.16. The zero-order valence-corrected chi connectivity index (χ0v) is 10.7. The van der Waals surface area contributed by atoms with Gasteiger partial charge in [-0.05, 0) is 19.5 Å². The summed E-state index contributed by atoms with van der Waals surface area (Å²) < 4.78 is 4.56. The molecule has 0 saturated carbocycles. The fourth-order valence-electron chi connectivity index (χ4n) is 1.67. The first kappa shape index (κ1) is 14.1. The number of hydrogen-bond donors (Lipinski definition) is 0. The Morgan fingerprint density at radius 1 is 1.50 bits per heavy atom. The molecule has 0 amide bonds. The van der Waals surface area contributed by atoms with Gasteiger partial charge in [0.1, 0.15) is 0 Å². The molecule has 0 radical (unpaired) electrons. The first-order valence-electron chi connectivity index (χ1n) is 5.44. The Morgan fingerprint density at radius 2 is 2.17 bits per heavy atom. The highest BCUT2D eigenvalue weighted by Crippen LogP contribution is 2.21. The van der Waals surface area contributed by atoms with Gasteiger partial charge in [0.25, 0.3) is 5.69 Å². The van der Waals surface area contributed by atoms with Gasteiger partial charge in [-0.25, -0.2) is 0 Å². The van der Waals surface area contributed by atoms with Crippen LogP contribution in [0.25, 0.3) is 0 Å². The molecule has 98 valence electrons. The maximum absolute atomic E-state index is 11.1. The molecule has 18 heavy (non-hydrogen) atoms. The van der Waals surface area contributed by atoms with Crippen molar-refractivity contribution in [1.82, 2.24) is 4.90 Å². The van der Waals surface area contributed by atoms with Crippen LogP contribution < -0.4 is 0 Å². The number of esters is 1. The second-order valence-electron chi connectivity index (χ2n) is 4.07. The average Bonchev–Trinajstić information content (AvgIpc) is 2.31. The van der Waals surface area contributed by atoms with Crippen LogP contribution >= 0.6 is 0 Å². The Kier molecular flexibility index (Phi) is 4.79. The number of likely N-dealkylation sites (N-methyl/N-ethyl adjacent to an activating group) is 1. The van der Waals surface area contributed by atoms with E-state index in [2.05, 4.69) is 4.74 Å². The number of hydrogen-bond acceptors (Lipinski definition) is 5. The van der Waals surface area contributed by atoms with Gasteiger partial charge in [0.15, 0.2) is 0 Å². The summed E-state index contributed by atoms with van der Waals surface area (Å²) in [5.74, 6) is -0.333. The van der Waals surface area contributed by atoms with Gasteiger partial charge in [0.2, 0.25) is 0 Å². The van der Waals surface area contributed by atoms with Gasteiger partial charge in [-0.2, -0.15) is 0 Å². The molecule has 0 aliphatic rings. The molecule has 0 saturated heterocycles. The van der Waals surface area contributed by atoms with Crippen LogP contribution in [0.2, 0.25) is 0 Å². The Hall–Kier alpha value is -1.95. The predicted octanol–water partition coefficient (Wildman–Crippen LogP) is 1.51.